The Bertz CT molecular complexity index is 1320. The second kappa shape index (κ2) is 10.5. The summed E-state index contributed by atoms with van der Waals surface area (Å²) in [4.78, 5) is 27.2. The van der Waals surface area contributed by atoms with Crippen LogP contribution in [0.2, 0.25) is 0 Å². The SMILES string of the molecule is CC.Cc1cc2cc(C(=O)N(Cc3ccc(C(F)(F)F)cn3)Cc3ncoc3C)ccc2nc1N. The number of carbonyl (C=O) groups is 1. The Morgan fingerprint density at radius 3 is 2.40 bits per heavy atom. The minimum Gasteiger partial charge on any atom is -0.448 e. The average molecular weight is 486 g/mol. The van der Waals surface area contributed by atoms with Gasteiger partial charge in [-0.3, -0.25) is 9.78 Å². The zero-order valence-electron chi connectivity index (χ0n) is 19.8. The van der Waals surface area contributed by atoms with Gasteiger partial charge < -0.3 is 15.1 Å². The van der Waals surface area contributed by atoms with Crippen LogP contribution >= 0.6 is 0 Å². The van der Waals surface area contributed by atoms with E-state index in [4.69, 9.17) is 10.2 Å². The first-order chi connectivity index (χ1) is 16.6. The van der Waals surface area contributed by atoms with Crippen molar-refractivity contribution >= 4 is 22.6 Å². The van der Waals surface area contributed by atoms with Crippen molar-refractivity contribution in [2.75, 3.05) is 5.73 Å². The number of nitrogen functional groups attached to an aromatic ring is 1. The van der Waals surface area contributed by atoms with Gasteiger partial charge in [-0.25, -0.2) is 9.97 Å². The molecule has 0 bridgehead atoms. The molecule has 2 N–H and O–H groups in total. The Balaban J connectivity index is 0.00000167. The highest BCUT2D eigenvalue weighted by Crippen LogP contribution is 2.28. The molecular formula is C25H26F3N5O2. The van der Waals surface area contributed by atoms with Crippen LogP contribution in [0.5, 0.6) is 0 Å². The van der Waals surface area contributed by atoms with E-state index < -0.39 is 11.7 Å². The summed E-state index contributed by atoms with van der Waals surface area (Å²) in [7, 11) is 0. The molecular weight excluding hydrogens is 459 g/mol. The molecule has 3 heterocycles. The molecule has 35 heavy (non-hydrogen) atoms. The van der Waals surface area contributed by atoms with E-state index in [1.807, 2.05) is 26.8 Å². The number of amides is 1. The lowest BCUT2D eigenvalue weighted by molar-refractivity contribution is -0.137. The van der Waals surface area contributed by atoms with Crippen molar-refractivity contribution in [1.82, 2.24) is 19.9 Å². The van der Waals surface area contributed by atoms with Gasteiger partial charge in [0.25, 0.3) is 5.91 Å². The van der Waals surface area contributed by atoms with Crippen molar-refractivity contribution in [3.63, 3.8) is 0 Å². The summed E-state index contributed by atoms with van der Waals surface area (Å²) < 4.78 is 43.8. The van der Waals surface area contributed by atoms with E-state index in [0.717, 1.165) is 23.2 Å². The number of nitrogens with two attached hydrogens (primary N) is 1. The molecule has 0 spiro atoms. The first-order valence-corrected chi connectivity index (χ1v) is 11.0. The van der Waals surface area contributed by atoms with Crippen LogP contribution < -0.4 is 5.73 Å². The number of pyridine rings is 2. The fourth-order valence-corrected chi connectivity index (χ4v) is 3.35. The Kier molecular flexibility index (Phi) is 7.73. The number of hydrogen-bond acceptors (Lipinski definition) is 6. The smallest absolute Gasteiger partial charge is 0.417 e. The molecule has 0 atom stereocenters. The van der Waals surface area contributed by atoms with Gasteiger partial charge in [0, 0.05) is 17.1 Å². The summed E-state index contributed by atoms with van der Waals surface area (Å²) in [5, 5.41) is 0.748. The van der Waals surface area contributed by atoms with Crippen LogP contribution in [0, 0.1) is 13.8 Å². The molecule has 1 aromatic carbocycles. The number of oxazole rings is 1. The molecule has 4 rings (SSSR count). The van der Waals surface area contributed by atoms with E-state index in [1.54, 1.807) is 25.1 Å². The quantitative estimate of drug-likeness (QED) is 0.389. The number of aromatic nitrogens is 3. The fourth-order valence-electron chi connectivity index (χ4n) is 3.35. The number of nitrogens with zero attached hydrogens (tertiary/aromatic N) is 4. The molecule has 0 radical (unpaired) electrons. The Labute approximate surface area is 200 Å². The van der Waals surface area contributed by atoms with Gasteiger partial charge in [-0.2, -0.15) is 13.2 Å². The van der Waals surface area contributed by atoms with Crippen molar-refractivity contribution in [2.24, 2.45) is 0 Å². The molecule has 184 valence electrons. The molecule has 0 saturated heterocycles. The standard InChI is InChI=1S/C23H20F3N5O2.C2H6/c1-13-7-16-8-15(3-6-19(16)30-21(13)27)22(32)31(11-20-14(2)33-12-29-20)10-18-5-4-17(9-28-18)23(24,25)26;1-2/h3-9,12H,10-11H2,1-2H3,(H2,27,30);1-2H3. The van der Waals surface area contributed by atoms with Gasteiger partial charge in [0.1, 0.15) is 17.3 Å². The third-order valence-corrected chi connectivity index (χ3v) is 5.27. The van der Waals surface area contributed by atoms with Crippen molar-refractivity contribution < 1.29 is 22.4 Å². The normalized spacial score (nSPS) is 11.2. The molecule has 0 aliphatic heterocycles. The average Bonchev–Trinajstić information content (AvgIpc) is 3.24. The largest absolute Gasteiger partial charge is 0.448 e. The highest BCUT2D eigenvalue weighted by Gasteiger charge is 2.31. The molecule has 0 saturated carbocycles. The van der Waals surface area contributed by atoms with E-state index in [-0.39, 0.29) is 19.0 Å². The molecule has 10 heteroatoms. The lowest BCUT2D eigenvalue weighted by atomic mass is 10.1. The third-order valence-electron chi connectivity index (χ3n) is 5.27. The molecule has 0 unspecified atom stereocenters. The minimum atomic E-state index is -4.49. The molecule has 7 nitrogen and oxygen atoms in total. The molecule has 4 aromatic rings. The van der Waals surface area contributed by atoms with Crippen LogP contribution in [0.1, 0.15) is 52.5 Å². The van der Waals surface area contributed by atoms with Crippen molar-refractivity contribution in [2.45, 2.75) is 47.0 Å². The Morgan fingerprint density at radius 2 is 1.80 bits per heavy atom. The van der Waals surface area contributed by atoms with Gasteiger partial charge in [-0.05, 0) is 55.8 Å². The summed E-state index contributed by atoms with van der Waals surface area (Å²) >= 11 is 0. The number of halogens is 3. The zero-order chi connectivity index (χ0) is 25.8. The van der Waals surface area contributed by atoms with E-state index in [1.165, 1.54) is 17.4 Å². The second-order valence-corrected chi connectivity index (χ2v) is 7.65. The molecule has 3 aromatic heterocycles. The van der Waals surface area contributed by atoms with Crippen LogP contribution in [0.15, 0.2) is 53.4 Å². The summed E-state index contributed by atoms with van der Waals surface area (Å²) in [5.41, 5.74) is 7.69. The first-order valence-electron chi connectivity index (χ1n) is 11.0. The topological polar surface area (TPSA) is 98.1 Å². The highest BCUT2D eigenvalue weighted by atomic mass is 19.4. The Hall–Kier alpha value is -3.95. The molecule has 0 aliphatic carbocycles. The minimum absolute atomic E-state index is 0.0136. The van der Waals surface area contributed by atoms with Gasteiger partial charge in [0.05, 0.1) is 29.9 Å². The van der Waals surface area contributed by atoms with Crippen LogP contribution in [-0.4, -0.2) is 25.8 Å². The van der Waals surface area contributed by atoms with E-state index >= 15 is 0 Å². The number of hydrogen-bond donors (Lipinski definition) is 1. The van der Waals surface area contributed by atoms with Gasteiger partial charge in [0.2, 0.25) is 0 Å². The van der Waals surface area contributed by atoms with Gasteiger partial charge in [-0.1, -0.05) is 13.8 Å². The third kappa shape index (κ3) is 5.95. The Morgan fingerprint density at radius 1 is 1.06 bits per heavy atom. The van der Waals surface area contributed by atoms with Gasteiger partial charge >= 0.3 is 6.18 Å². The maximum Gasteiger partial charge on any atom is 0.417 e. The van der Waals surface area contributed by atoms with Gasteiger partial charge in [0.15, 0.2) is 6.39 Å². The number of anilines is 1. The van der Waals surface area contributed by atoms with E-state index in [2.05, 4.69) is 15.0 Å². The molecule has 0 fully saturated rings. The zero-order valence-corrected chi connectivity index (χ0v) is 19.8. The predicted molar refractivity (Wildman–Crippen MR) is 126 cm³/mol. The van der Waals surface area contributed by atoms with E-state index in [0.29, 0.717) is 34.0 Å². The summed E-state index contributed by atoms with van der Waals surface area (Å²) in [6.45, 7) is 7.63. The second-order valence-electron chi connectivity index (χ2n) is 7.65. The number of benzene rings is 1. The van der Waals surface area contributed by atoms with Gasteiger partial charge in [-0.15, -0.1) is 0 Å². The number of fused-ring (bicyclic) bond motifs is 1. The van der Waals surface area contributed by atoms with Crippen LogP contribution in [-0.2, 0) is 19.3 Å². The van der Waals surface area contributed by atoms with Crippen molar-refractivity contribution in [3.8, 4) is 0 Å². The lowest BCUT2D eigenvalue weighted by Gasteiger charge is -2.22. The van der Waals surface area contributed by atoms with E-state index in [9.17, 15) is 18.0 Å². The maximum absolute atomic E-state index is 13.4. The summed E-state index contributed by atoms with van der Waals surface area (Å²) in [6.07, 6.45) is -2.45. The maximum atomic E-state index is 13.4. The van der Waals surface area contributed by atoms with Crippen molar-refractivity contribution in [3.05, 3.63) is 82.8 Å². The summed E-state index contributed by atoms with van der Waals surface area (Å²) in [5.74, 6) is 0.621. The molecule has 1 amide bonds. The van der Waals surface area contributed by atoms with Crippen LogP contribution in [0.3, 0.4) is 0 Å². The highest BCUT2D eigenvalue weighted by molar-refractivity contribution is 5.98. The number of aryl methyl sites for hydroxylation is 2. The van der Waals surface area contributed by atoms with Crippen molar-refractivity contribution in [1.29, 1.82) is 0 Å². The molecule has 0 aliphatic rings. The first kappa shape index (κ1) is 25.7. The number of rotatable bonds is 5. The number of carbonyl (C=O) groups excluding carboxylic acids is 1. The van der Waals surface area contributed by atoms with Crippen LogP contribution in [0.25, 0.3) is 10.9 Å². The summed E-state index contributed by atoms with van der Waals surface area (Å²) in [6, 6.07) is 9.10. The van der Waals surface area contributed by atoms with Crippen LogP contribution in [0.4, 0.5) is 19.0 Å². The lowest BCUT2D eigenvalue weighted by Crippen LogP contribution is -2.31. The monoisotopic (exact) mass is 485 g/mol. The predicted octanol–water partition coefficient (Wildman–Crippen LogP) is 5.70. The number of alkyl halides is 3. The fraction of sp³-hybridized carbons (Fsp3) is 0.280.